The van der Waals surface area contributed by atoms with E-state index >= 15 is 0 Å². The Morgan fingerprint density at radius 3 is 2.30 bits per heavy atom. The summed E-state index contributed by atoms with van der Waals surface area (Å²) in [4.78, 5) is 0. The van der Waals surface area contributed by atoms with Gasteiger partial charge >= 0.3 is 0 Å². The molecule has 1 N–H and O–H groups in total. The third-order valence-electron chi connectivity index (χ3n) is 4.45. The van der Waals surface area contributed by atoms with E-state index in [-0.39, 0.29) is 11.9 Å². The summed E-state index contributed by atoms with van der Waals surface area (Å²) in [6.45, 7) is 3.23. The van der Waals surface area contributed by atoms with Crippen molar-refractivity contribution in [1.82, 2.24) is 5.32 Å². The Bertz CT molecular complexity index is 850. The highest BCUT2D eigenvalue weighted by Crippen LogP contribution is 2.29. The minimum Gasteiger partial charge on any atom is -0.493 e. The lowest BCUT2D eigenvalue weighted by molar-refractivity contribution is 0.284. The molecule has 0 saturated heterocycles. The summed E-state index contributed by atoms with van der Waals surface area (Å²) in [5.41, 5.74) is 3.27. The Morgan fingerprint density at radius 2 is 1.59 bits per heavy atom. The fourth-order valence-corrected chi connectivity index (χ4v) is 2.81. The number of benzene rings is 3. The van der Waals surface area contributed by atoms with Gasteiger partial charge in [0.15, 0.2) is 11.5 Å². The SMILES string of the molecule is COc1cc(CN[C@@H](C)c2ccccc2)ccc1OCc1ccc(F)cc1. The molecule has 0 spiro atoms. The second kappa shape index (κ2) is 9.19. The van der Waals surface area contributed by atoms with Gasteiger partial charge in [-0.25, -0.2) is 4.39 Å². The molecule has 3 nitrogen and oxygen atoms in total. The van der Waals surface area contributed by atoms with Crippen molar-refractivity contribution in [3.8, 4) is 11.5 Å². The smallest absolute Gasteiger partial charge is 0.161 e. The molecular formula is C23H24FNO2. The number of rotatable bonds is 8. The highest BCUT2D eigenvalue weighted by Gasteiger charge is 2.08. The third kappa shape index (κ3) is 5.31. The van der Waals surface area contributed by atoms with E-state index in [0.29, 0.717) is 18.1 Å². The van der Waals surface area contributed by atoms with Gasteiger partial charge in [-0.05, 0) is 47.9 Å². The molecule has 0 fully saturated rings. The lowest BCUT2D eigenvalue weighted by Crippen LogP contribution is -2.18. The Balaban J connectivity index is 1.60. The van der Waals surface area contributed by atoms with Crippen LogP contribution in [0.1, 0.15) is 29.7 Å². The van der Waals surface area contributed by atoms with Gasteiger partial charge in [0.1, 0.15) is 12.4 Å². The standard InChI is InChI=1S/C23H24FNO2/c1-17(20-6-4-3-5-7-20)25-15-19-10-13-22(23(14-19)26-2)27-16-18-8-11-21(24)12-9-18/h3-14,17,25H,15-16H2,1-2H3/t17-/m0/s1. The molecule has 0 aliphatic carbocycles. The first-order valence-electron chi connectivity index (χ1n) is 8.98. The van der Waals surface area contributed by atoms with Crippen LogP contribution in [0.3, 0.4) is 0 Å². The van der Waals surface area contributed by atoms with E-state index in [9.17, 15) is 4.39 Å². The van der Waals surface area contributed by atoms with Crippen molar-refractivity contribution < 1.29 is 13.9 Å². The van der Waals surface area contributed by atoms with Gasteiger partial charge in [-0.2, -0.15) is 0 Å². The van der Waals surface area contributed by atoms with Gasteiger partial charge in [-0.1, -0.05) is 48.5 Å². The van der Waals surface area contributed by atoms with Crippen molar-refractivity contribution in [2.75, 3.05) is 7.11 Å². The molecule has 3 aromatic carbocycles. The van der Waals surface area contributed by atoms with E-state index < -0.39 is 0 Å². The summed E-state index contributed by atoms with van der Waals surface area (Å²) < 4.78 is 24.3. The van der Waals surface area contributed by atoms with Crippen LogP contribution in [0.5, 0.6) is 11.5 Å². The van der Waals surface area contributed by atoms with Crippen molar-refractivity contribution in [1.29, 1.82) is 0 Å². The average Bonchev–Trinajstić information content (AvgIpc) is 2.72. The molecule has 4 heteroatoms. The van der Waals surface area contributed by atoms with E-state index in [1.54, 1.807) is 19.2 Å². The van der Waals surface area contributed by atoms with Gasteiger partial charge < -0.3 is 14.8 Å². The molecule has 0 radical (unpaired) electrons. The van der Waals surface area contributed by atoms with E-state index in [0.717, 1.165) is 17.7 Å². The number of halogens is 1. The highest BCUT2D eigenvalue weighted by atomic mass is 19.1. The second-order valence-electron chi connectivity index (χ2n) is 6.41. The fraction of sp³-hybridized carbons (Fsp3) is 0.217. The predicted molar refractivity (Wildman–Crippen MR) is 105 cm³/mol. The number of hydrogen-bond acceptors (Lipinski definition) is 3. The summed E-state index contributed by atoms with van der Waals surface area (Å²) in [5, 5.41) is 3.52. The zero-order valence-electron chi connectivity index (χ0n) is 15.6. The summed E-state index contributed by atoms with van der Waals surface area (Å²) >= 11 is 0. The van der Waals surface area contributed by atoms with Crippen molar-refractivity contribution in [3.05, 3.63) is 95.3 Å². The lowest BCUT2D eigenvalue weighted by Gasteiger charge is -2.16. The lowest BCUT2D eigenvalue weighted by atomic mass is 10.1. The van der Waals surface area contributed by atoms with Crippen LogP contribution in [-0.2, 0) is 13.2 Å². The summed E-state index contributed by atoms with van der Waals surface area (Å²) in [6.07, 6.45) is 0. The number of ether oxygens (including phenoxy) is 2. The zero-order chi connectivity index (χ0) is 19.1. The van der Waals surface area contributed by atoms with Crippen LogP contribution in [0.4, 0.5) is 4.39 Å². The van der Waals surface area contributed by atoms with E-state index in [4.69, 9.17) is 9.47 Å². The fourth-order valence-electron chi connectivity index (χ4n) is 2.81. The molecule has 27 heavy (non-hydrogen) atoms. The maximum Gasteiger partial charge on any atom is 0.161 e. The topological polar surface area (TPSA) is 30.5 Å². The van der Waals surface area contributed by atoms with Crippen LogP contribution in [0.2, 0.25) is 0 Å². The first-order valence-corrected chi connectivity index (χ1v) is 8.98. The number of nitrogens with one attached hydrogen (secondary N) is 1. The van der Waals surface area contributed by atoms with Crippen LogP contribution in [0.15, 0.2) is 72.8 Å². The Labute approximate surface area is 159 Å². The predicted octanol–water partition coefficient (Wildman–Crippen LogP) is 5.26. The van der Waals surface area contributed by atoms with Crippen LogP contribution < -0.4 is 14.8 Å². The Hall–Kier alpha value is -2.85. The normalized spacial score (nSPS) is 11.8. The number of methoxy groups -OCH3 is 1. The molecule has 0 aliphatic rings. The van der Waals surface area contributed by atoms with Gasteiger partial charge in [-0.15, -0.1) is 0 Å². The maximum atomic E-state index is 13.0. The van der Waals surface area contributed by atoms with Crippen molar-refractivity contribution in [3.63, 3.8) is 0 Å². The molecule has 0 aromatic heterocycles. The molecule has 0 heterocycles. The molecule has 0 aliphatic heterocycles. The maximum absolute atomic E-state index is 13.0. The van der Waals surface area contributed by atoms with Gasteiger partial charge in [0, 0.05) is 12.6 Å². The van der Waals surface area contributed by atoms with Gasteiger partial charge in [0.2, 0.25) is 0 Å². The zero-order valence-corrected chi connectivity index (χ0v) is 15.6. The first kappa shape index (κ1) is 18.9. The monoisotopic (exact) mass is 365 g/mol. The van der Waals surface area contributed by atoms with E-state index in [2.05, 4.69) is 24.4 Å². The minimum atomic E-state index is -0.252. The van der Waals surface area contributed by atoms with Crippen LogP contribution in [0.25, 0.3) is 0 Å². The molecule has 1 atom stereocenters. The van der Waals surface area contributed by atoms with Crippen molar-refractivity contribution in [2.45, 2.75) is 26.1 Å². The van der Waals surface area contributed by atoms with E-state index in [1.807, 2.05) is 36.4 Å². The molecule has 0 bridgehead atoms. The van der Waals surface area contributed by atoms with Crippen molar-refractivity contribution >= 4 is 0 Å². The average molecular weight is 365 g/mol. The molecular weight excluding hydrogens is 341 g/mol. The summed E-state index contributed by atoms with van der Waals surface area (Å²) in [7, 11) is 1.63. The van der Waals surface area contributed by atoms with Gasteiger partial charge in [0.25, 0.3) is 0 Å². The molecule has 0 saturated carbocycles. The second-order valence-corrected chi connectivity index (χ2v) is 6.41. The van der Waals surface area contributed by atoms with Crippen LogP contribution >= 0.6 is 0 Å². The van der Waals surface area contributed by atoms with Crippen LogP contribution in [0, 0.1) is 5.82 Å². The highest BCUT2D eigenvalue weighted by molar-refractivity contribution is 5.43. The molecule has 0 unspecified atom stereocenters. The third-order valence-corrected chi connectivity index (χ3v) is 4.45. The molecule has 140 valence electrons. The van der Waals surface area contributed by atoms with E-state index in [1.165, 1.54) is 17.7 Å². The van der Waals surface area contributed by atoms with Gasteiger partial charge in [-0.3, -0.25) is 0 Å². The summed E-state index contributed by atoms with van der Waals surface area (Å²) in [6, 6.07) is 22.8. The van der Waals surface area contributed by atoms with Crippen molar-refractivity contribution in [2.24, 2.45) is 0 Å². The van der Waals surface area contributed by atoms with Gasteiger partial charge in [0.05, 0.1) is 7.11 Å². The number of hydrogen-bond donors (Lipinski definition) is 1. The molecule has 3 rings (SSSR count). The summed E-state index contributed by atoms with van der Waals surface area (Å²) in [5.74, 6) is 1.10. The Morgan fingerprint density at radius 1 is 0.889 bits per heavy atom. The van der Waals surface area contributed by atoms with Crippen LogP contribution in [-0.4, -0.2) is 7.11 Å². The first-order chi connectivity index (χ1) is 13.2. The Kier molecular flexibility index (Phi) is 6.44. The minimum absolute atomic E-state index is 0.252. The quantitative estimate of drug-likeness (QED) is 0.590. The largest absolute Gasteiger partial charge is 0.493 e. The molecule has 0 amide bonds. The molecule has 3 aromatic rings.